The number of rotatable bonds is 5. The Morgan fingerprint density at radius 3 is 2.64 bits per heavy atom. The Hall–Kier alpha value is -3.65. The van der Waals surface area contributed by atoms with Crippen molar-refractivity contribution in [2.24, 2.45) is 0 Å². The Kier molecular flexibility index (Phi) is 6.46. The quantitative estimate of drug-likeness (QED) is 0.473. The second-order valence-corrected chi connectivity index (χ2v) is 8.34. The fraction of sp³-hybridized carbons (Fsp3) is 0.280. The number of nitrogens with two attached hydrogens (primary N) is 1. The molecule has 33 heavy (non-hydrogen) atoms. The number of phenolic OH excluding ortho intramolecular Hbond substituents is 1. The first-order valence-electron chi connectivity index (χ1n) is 10.9. The van der Waals surface area contributed by atoms with Crippen molar-refractivity contribution in [2.75, 3.05) is 30.8 Å². The van der Waals surface area contributed by atoms with Gasteiger partial charge in [-0.3, -0.25) is 4.79 Å². The molecule has 0 saturated carbocycles. The van der Waals surface area contributed by atoms with Gasteiger partial charge in [0, 0.05) is 24.3 Å². The zero-order valence-electron chi connectivity index (χ0n) is 18.7. The van der Waals surface area contributed by atoms with Crippen LogP contribution in [0.3, 0.4) is 0 Å². The molecule has 0 spiro atoms. The van der Waals surface area contributed by atoms with E-state index in [1.165, 1.54) is 12.1 Å². The van der Waals surface area contributed by atoms with Crippen molar-refractivity contribution in [3.8, 4) is 17.0 Å². The third kappa shape index (κ3) is 4.90. The number of carbonyl (C=O) groups is 1. The molecule has 5 N–H and O–H groups in total. The van der Waals surface area contributed by atoms with Gasteiger partial charge in [0.2, 0.25) is 0 Å². The number of anilines is 3. The maximum atomic E-state index is 14.5. The van der Waals surface area contributed by atoms with E-state index in [0.717, 1.165) is 31.5 Å². The number of aryl methyl sites for hydroxylation is 1. The Morgan fingerprint density at radius 1 is 1.18 bits per heavy atom. The fourth-order valence-electron chi connectivity index (χ4n) is 4.01. The molecule has 1 amide bonds. The summed E-state index contributed by atoms with van der Waals surface area (Å²) in [5.41, 5.74) is 9.17. The molecular formula is C25H28FN5O2. The minimum absolute atomic E-state index is 0.00957. The van der Waals surface area contributed by atoms with Gasteiger partial charge in [0.05, 0.1) is 16.9 Å². The number of pyridine rings is 1. The molecule has 1 saturated heterocycles. The van der Waals surface area contributed by atoms with Crippen molar-refractivity contribution >= 4 is 23.1 Å². The molecule has 1 aliphatic heterocycles. The van der Waals surface area contributed by atoms with E-state index in [-0.39, 0.29) is 29.3 Å². The molecule has 0 bridgehead atoms. The second kappa shape index (κ2) is 9.46. The average molecular weight is 450 g/mol. The van der Waals surface area contributed by atoms with Crippen molar-refractivity contribution in [3.05, 3.63) is 65.5 Å². The van der Waals surface area contributed by atoms with Crippen LogP contribution in [-0.4, -0.2) is 42.2 Å². The molecule has 0 radical (unpaired) electrons. The minimum atomic E-state index is -0.335. The lowest BCUT2D eigenvalue weighted by Crippen LogP contribution is -2.42. The van der Waals surface area contributed by atoms with Crippen molar-refractivity contribution in [3.63, 3.8) is 0 Å². The van der Waals surface area contributed by atoms with E-state index in [1.807, 2.05) is 13.0 Å². The number of hydrogen-bond donors (Lipinski definition) is 4. The number of nitrogens with zero attached hydrogens (tertiary/aromatic N) is 2. The average Bonchev–Trinajstić information content (AvgIpc) is 2.79. The predicted octanol–water partition coefficient (Wildman–Crippen LogP) is 3.73. The number of nitrogens with one attached hydrogen (secondary N) is 2. The van der Waals surface area contributed by atoms with E-state index in [2.05, 4.69) is 15.6 Å². The lowest BCUT2D eigenvalue weighted by Gasteiger charge is -2.24. The van der Waals surface area contributed by atoms with Crippen LogP contribution in [0.25, 0.3) is 11.3 Å². The SMILES string of the molecule is Cc1ccc(N(C)c2ccc(O)c(-c3ccc(C(=O)NC4CCNCC4)c(N)n3)c2)c(F)c1. The number of aromatic nitrogens is 1. The van der Waals surface area contributed by atoms with Crippen LogP contribution in [0, 0.1) is 12.7 Å². The number of piperidine rings is 1. The largest absolute Gasteiger partial charge is 0.507 e. The van der Waals surface area contributed by atoms with Gasteiger partial charge < -0.3 is 26.4 Å². The number of halogens is 1. The zero-order valence-corrected chi connectivity index (χ0v) is 18.7. The summed E-state index contributed by atoms with van der Waals surface area (Å²) in [5, 5.41) is 16.7. The van der Waals surface area contributed by atoms with Crippen LogP contribution in [0.4, 0.5) is 21.6 Å². The fourth-order valence-corrected chi connectivity index (χ4v) is 4.01. The number of phenols is 1. The molecular weight excluding hydrogens is 421 g/mol. The van der Waals surface area contributed by atoms with Gasteiger partial charge >= 0.3 is 0 Å². The van der Waals surface area contributed by atoms with Gasteiger partial charge in [0.15, 0.2) is 0 Å². The molecule has 0 atom stereocenters. The monoisotopic (exact) mass is 449 g/mol. The zero-order chi connectivity index (χ0) is 23.5. The first-order valence-corrected chi connectivity index (χ1v) is 10.9. The molecule has 1 aromatic heterocycles. The Morgan fingerprint density at radius 2 is 1.94 bits per heavy atom. The summed E-state index contributed by atoms with van der Waals surface area (Å²) in [6.07, 6.45) is 1.74. The van der Waals surface area contributed by atoms with Gasteiger partial charge in [-0.05, 0) is 80.9 Å². The lowest BCUT2D eigenvalue weighted by molar-refractivity contribution is 0.0930. The number of amides is 1. The van der Waals surface area contributed by atoms with Crippen LogP contribution in [0.5, 0.6) is 5.75 Å². The summed E-state index contributed by atoms with van der Waals surface area (Å²) >= 11 is 0. The van der Waals surface area contributed by atoms with Gasteiger partial charge in [-0.2, -0.15) is 0 Å². The highest BCUT2D eigenvalue weighted by molar-refractivity contribution is 5.99. The van der Waals surface area contributed by atoms with Crippen molar-refractivity contribution in [1.82, 2.24) is 15.6 Å². The Labute approximate surface area is 192 Å². The van der Waals surface area contributed by atoms with Gasteiger partial charge in [-0.15, -0.1) is 0 Å². The Balaban J connectivity index is 1.59. The number of aromatic hydroxyl groups is 1. The smallest absolute Gasteiger partial charge is 0.255 e. The van der Waals surface area contributed by atoms with Crippen LogP contribution >= 0.6 is 0 Å². The topological polar surface area (TPSA) is 104 Å². The molecule has 3 aromatic rings. The summed E-state index contributed by atoms with van der Waals surface area (Å²) in [6.45, 7) is 3.57. The minimum Gasteiger partial charge on any atom is -0.507 e. The molecule has 7 nitrogen and oxygen atoms in total. The molecule has 1 fully saturated rings. The lowest BCUT2D eigenvalue weighted by atomic mass is 10.0. The van der Waals surface area contributed by atoms with Crippen molar-refractivity contribution < 1.29 is 14.3 Å². The first-order chi connectivity index (χ1) is 15.8. The van der Waals surface area contributed by atoms with E-state index < -0.39 is 0 Å². The normalized spacial score (nSPS) is 14.2. The molecule has 8 heteroatoms. The standard InChI is InChI=1S/C25H28FN5O2/c1-15-3-7-22(20(26)13-15)31(2)17-4-8-23(32)19(14-17)21-6-5-18(24(27)30-21)25(33)29-16-9-11-28-12-10-16/h3-8,13-14,16,28,32H,9-12H2,1-2H3,(H2,27,30)(H,29,33). The van der Waals surface area contributed by atoms with Crippen molar-refractivity contribution in [2.45, 2.75) is 25.8 Å². The van der Waals surface area contributed by atoms with Crippen LogP contribution in [-0.2, 0) is 0 Å². The maximum Gasteiger partial charge on any atom is 0.255 e. The first kappa shape index (κ1) is 22.5. The third-order valence-corrected chi connectivity index (χ3v) is 5.95. The second-order valence-electron chi connectivity index (χ2n) is 8.34. The Bertz CT molecular complexity index is 1180. The van der Waals surface area contributed by atoms with E-state index in [1.54, 1.807) is 42.3 Å². The summed E-state index contributed by atoms with van der Waals surface area (Å²) in [7, 11) is 1.75. The molecule has 1 aliphatic rings. The third-order valence-electron chi connectivity index (χ3n) is 5.95. The van der Waals surface area contributed by atoms with E-state index in [4.69, 9.17) is 5.73 Å². The van der Waals surface area contributed by atoms with Crippen LogP contribution in [0.2, 0.25) is 0 Å². The predicted molar refractivity (Wildman–Crippen MR) is 128 cm³/mol. The summed E-state index contributed by atoms with van der Waals surface area (Å²) in [4.78, 5) is 18.7. The van der Waals surface area contributed by atoms with Gasteiger partial charge in [-0.25, -0.2) is 9.37 Å². The summed E-state index contributed by atoms with van der Waals surface area (Å²) in [6, 6.07) is 13.3. The van der Waals surface area contributed by atoms with Crippen molar-refractivity contribution in [1.29, 1.82) is 0 Å². The van der Waals surface area contributed by atoms with Gasteiger partial charge in [0.25, 0.3) is 5.91 Å². The number of benzene rings is 2. The summed E-state index contributed by atoms with van der Waals surface area (Å²) < 4.78 is 14.5. The number of hydrogen-bond acceptors (Lipinski definition) is 6. The molecule has 0 unspecified atom stereocenters. The van der Waals surface area contributed by atoms with Gasteiger partial charge in [0.1, 0.15) is 17.4 Å². The van der Waals surface area contributed by atoms with E-state index >= 15 is 0 Å². The highest BCUT2D eigenvalue weighted by Crippen LogP contribution is 2.35. The molecule has 2 aromatic carbocycles. The molecule has 2 heterocycles. The van der Waals surface area contributed by atoms with E-state index in [0.29, 0.717) is 28.2 Å². The highest BCUT2D eigenvalue weighted by Gasteiger charge is 2.20. The van der Waals surface area contributed by atoms with Crippen LogP contribution in [0.15, 0.2) is 48.5 Å². The highest BCUT2D eigenvalue weighted by atomic mass is 19.1. The summed E-state index contributed by atoms with van der Waals surface area (Å²) in [5.74, 6) is -0.499. The van der Waals surface area contributed by atoms with Gasteiger partial charge in [-0.1, -0.05) is 6.07 Å². The number of carbonyl (C=O) groups excluding carboxylic acids is 1. The van der Waals surface area contributed by atoms with E-state index in [9.17, 15) is 14.3 Å². The van der Waals surface area contributed by atoms with Crippen LogP contribution < -0.4 is 21.3 Å². The molecule has 0 aliphatic carbocycles. The van der Waals surface area contributed by atoms with Crippen LogP contribution in [0.1, 0.15) is 28.8 Å². The molecule has 172 valence electrons. The number of nitrogen functional groups attached to an aromatic ring is 1. The molecule has 4 rings (SSSR count). The maximum absolute atomic E-state index is 14.5.